The fraction of sp³-hybridized carbons (Fsp3) is 0.357. The quantitative estimate of drug-likeness (QED) is 0.0592. The number of amides is 3. The molecule has 1 fully saturated rings. The summed E-state index contributed by atoms with van der Waals surface area (Å²) in [6.07, 6.45) is -5.36. The molecule has 1 aliphatic rings. The molecule has 55 heavy (non-hydrogen) atoms. The van der Waals surface area contributed by atoms with E-state index in [4.69, 9.17) is 10.5 Å². The molecule has 7 N–H and O–H groups in total. The summed E-state index contributed by atoms with van der Waals surface area (Å²) in [4.78, 5) is 41.1. The van der Waals surface area contributed by atoms with Crippen LogP contribution in [-0.2, 0) is 16.0 Å². The molecule has 1 aliphatic heterocycles. The Morgan fingerprint density at radius 3 is 2.00 bits per heavy atom. The first-order valence-electron chi connectivity index (χ1n) is 18.4. The number of ether oxygens (including phenoxy) is 1. The van der Waals surface area contributed by atoms with Crippen LogP contribution in [0.4, 0.5) is 18.9 Å². The third-order valence-electron chi connectivity index (χ3n) is 9.51. The van der Waals surface area contributed by atoms with Crippen molar-refractivity contribution in [1.82, 2.24) is 26.6 Å². The number of benzene rings is 4. The van der Waals surface area contributed by atoms with Crippen LogP contribution in [0.15, 0.2) is 103 Å². The number of hydrogen-bond donors (Lipinski definition) is 6. The van der Waals surface area contributed by atoms with E-state index in [1.54, 1.807) is 31.2 Å². The average Bonchev–Trinajstić information content (AvgIpc) is 3.94. The second-order valence-corrected chi connectivity index (χ2v) is 14.3. The molecule has 2 unspecified atom stereocenters. The van der Waals surface area contributed by atoms with Crippen LogP contribution in [0.3, 0.4) is 0 Å². The summed E-state index contributed by atoms with van der Waals surface area (Å²) in [5, 5.41) is 14.6. The molecule has 4 aromatic carbocycles. The number of anilines is 1. The van der Waals surface area contributed by atoms with Gasteiger partial charge in [-0.15, -0.1) is 0 Å². The summed E-state index contributed by atoms with van der Waals surface area (Å²) >= 11 is 0. The van der Waals surface area contributed by atoms with Gasteiger partial charge in [0.05, 0.1) is 24.7 Å². The number of nitrogens with one attached hydrogen (secondary N) is 5. The molecule has 13 heteroatoms. The number of nitrogen functional groups attached to an aromatic ring is 1. The molecule has 1 heterocycles. The van der Waals surface area contributed by atoms with Gasteiger partial charge in [0.25, 0.3) is 11.8 Å². The Hall–Kier alpha value is -5.24. The summed E-state index contributed by atoms with van der Waals surface area (Å²) in [6, 6.07) is 29.3. The van der Waals surface area contributed by atoms with Gasteiger partial charge in [0, 0.05) is 35.0 Å². The Labute approximate surface area is 319 Å². The average molecular weight is 759 g/mol. The van der Waals surface area contributed by atoms with Crippen molar-refractivity contribution in [3.8, 4) is 11.1 Å². The second-order valence-electron chi connectivity index (χ2n) is 14.3. The highest BCUT2D eigenvalue weighted by molar-refractivity contribution is 6.02. The van der Waals surface area contributed by atoms with Crippen molar-refractivity contribution in [2.45, 2.75) is 76.8 Å². The van der Waals surface area contributed by atoms with E-state index in [1.807, 2.05) is 99.6 Å². The van der Waals surface area contributed by atoms with E-state index >= 15 is 0 Å². The molecule has 5 rings (SSSR count). The molecule has 292 valence electrons. The summed E-state index contributed by atoms with van der Waals surface area (Å²) in [5.41, 5.74) is 10.5. The number of carbonyl (C=O) groups excluding carboxylic acids is 3. The van der Waals surface area contributed by atoms with Crippen LogP contribution in [0.2, 0.25) is 0 Å². The van der Waals surface area contributed by atoms with E-state index in [0.29, 0.717) is 23.2 Å². The molecule has 10 nitrogen and oxygen atoms in total. The highest BCUT2D eigenvalue weighted by Gasteiger charge is 2.48. The maximum absolute atomic E-state index is 14.1. The minimum absolute atomic E-state index is 0.112. The van der Waals surface area contributed by atoms with Crippen LogP contribution in [0.1, 0.15) is 65.6 Å². The zero-order valence-electron chi connectivity index (χ0n) is 31.3. The molecule has 1 saturated heterocycles. The standard InChI is InChI=1S/C42H49F3N6O4/c1-25(2)36(37-41(55-37)48-24-42(43,44)45)51-38(52)27(4)47-23-33(19-28-13-7-5-8-14-28)50-40(54)32-21-30(34-17-11-12-18-35(34)46)20-31(22-32)39(53)49-26(3)29-15-9-6-10-16-29/h5-18,20-22,25-27,33,36-37,41,47-48H,19,23-24,46H2,1-4H3,(H,49,53)(H,50,54)(H,51,52)/t26-,27+,33+,36+,37?,41?/m1/s1. The fourth-order valence-electron chi connectivity index (χ4n) is 6.36. The molecular weight excluding hydrogens is 709 g/mol. The van der Waals surface area contributed by atoms with E-state index in [1.165, 1.54) is 0 Å². The van der Waals surface area contributed by atoms with Crippen LogP contribution in [0, 0.1) is 5.92 Å². The lowest BCUT2D eigenvalue weighted by Gasteiger charge is -2.25. The Morgan fingerprint density at radius 2 is 1.38 bits per heavy atom. The van der Waals surface area contributed by atoms with Crippen molar-refractivity contribution in [3.05, 3.63) is 125 Å². The summed E-state index contributed by atoms with van der Waals surface area (Å²) < 4.78 is 43.6. The van der Waals surface area contributed by atoms with Gasteiger partial charge in [0.15, 0.2) is 0 Å². The number of hydrogen-bond acceptors (Lipinski definition) is 7. The molecule has 6 atom stereocenters. The van der Waals surface area contributed by atoms with Crippen molar-refractivity contribution in [2.75, 3.05) is 18.8 Å². The van der Waals surface area contributed by atoms with Gasteiger partial charge in [-0.05, 0) is 67.1 Å². The zero-order chi connectivity index (χ0) is 39.7. The predicted octanol–water partition coefficient (Wildman–Crippen LogP) is 5.76. The molecular formula is C42H49F3N6O4. The number of rotatable bonds is 17. The molecule has 4 aromatic rings. The number of nitrogens with two attached hydrogens (primary N) is 1. The predicted molar refractivity (Wildman–Crippen MR) is 207 cm³/mol. The van der Waals surface area contributed by atoms with Crippen molar-refractivity contribution in [3.63, 3.8) is 0 Å². The van der Waals surface area contributed by atoms with Crippen molar-refractivity contribution in [1.29, 1.82) is 0 Å². The molecule has 3 amide bonds. The third-order valence-corrected chi connectivity index (χ3v) is 9.51. The van der Waals surface area contributed by atoms with Gasteiger partial charge in [-0.1, -0.05) is 92.7 Å². The van der Waals surface area contributed by atoms with Crippen molar-refractivity contribution in [2.24, 2.45) is 5.92 Å². The van der Waals surface area contributed by atoms with Crippen molar-refractivity contribution >= 4 is 23.4 Å². The van der Waals surface area contributed by atoms with Crippen LogP contribution in [0.25, 0.3) is 11.1 Å². The number of carbonyl (C=O) groups is 3. The summed E-state index contributed by atoms with van der Waals surface area (Å²) in [5.74, 6) is -1.26. The normalized spacial score (nSPS) is 17.5. The van der Waals surface area contributed by atoms with Gasteiger partial charge < -0.3 is 31.7 Å². The van der Waals surface area contributed by atoms with Crippen LogP contribution >= 0.6 is 0 Å². The van der Waals surface area contributed by atoms with E-state index in [2.05, 4.69) is 26.6 Å². The smallest absolute Gasteiger partial charge is 0.398 e. The van der Waals surface area contributed by atoms with Gasteiger partial charge in [0.1, 0.15) is 12.3 Å². The maximum Gasteiger partial charge on any atom is 0.401 e. The lowest BCUT2D eigenvalue weighted by molar-refractivity contribution is -0.126. The van der Waals surface area contributed by atoms with Gasteiger partial charge in [-0.3, -0.25) is 19.7 Å². The van der Waals surface area contributed by atoms with Crippen LogP contribution in [0.5, 0.6) is 0 Å². The molecule has 0 saturated carbocycles. The molecule has 0 aliphatic carbocycles. The zero-order valence-corrected chi connectivity index (χ0v) is 31.3. The summed E-state index contributed by atoms with van der Waals surface area (Å²) in [6.45, 7) is 6.29. The third kappa shape index (κ3) is 11.9. The minimum Gasteiger partial charge on any atom is -0.398 e. The van der Waals surface area contributed by atoms with E-state index in [0.717, 1.165) is 11.1 Å². The highest BCUT2D eigenvalue weighted by atomic mass is 19.4. The van der Waals surface area contributed by atoms with Gasteiger partial charge in [-0.25, -0.2) is 0 Å². The van der Waals surface area contributed by atoms with E-state index in [-0.39, 0.29) is 41.4 Å². The molecule has 0 aromatic heterocycles. The topological polar surface area (TPSA) is 150 Å². The molecule has 0 radical (unpaired) electrons. The lowest BCUT2D eigenvalue weighted by atomic mass is 9.97. The monoisotopic (exact) mass is 758 g/mol. The maximum atomic E-state index is 14.1. The fourth-order valence-corrected chi connectivity index (χ4v) is 6.36. The van der Waals surface area contributed by atoms with Crippen molar-refractivity contribution < 1.29 is 32.3 Å². The number of halogens is 3. The Kier molecular flexibility index (Phi) is 13.7. The molecule has 0 spiro atoms. The first-order valence-corrected chi connectivity index (χ1v) is 18.4. The van der Waals surface area contributed by atoms with Crippen LogP contribution < -0.4 is 32.3 Å². The Morgan fingerprint density at radius 1 is 0.782 bits per heavy atom. The van der Waals surface area contributed by atoms with E-state index < -0.39 is 49.1 Å². The van der Waals surface area contributed by atoms with Gasteiger partial charge in [-0.2, -0.15) is 13.2 Å². The highest BCUT2D eigenvalue weighted by Crippen LogP contribution is 2.29. The van der Waals surface area contributed by atoms with Gasteiger partial charge in [0.2, 0.25) is 5.91 Å². The Balaban J connectivity index is 1.32. The van der Waals surface area contributed by atoms with Gasteiger partial charge >= 0.3 is 6.18 Å². The van der Waals surface area contributed by atoms with E-state index in [9.17, 15) is 27.6 Å². The summed E-state index contributed by atoms with van der Waals surface area (Å²) in [7, 11) is 0. The number of epoxide rings is 1. The number of para-hydroxylation sites is 1. The second kappa shape index (κ2) is 18.4. The minimum atomic E-state index is -4.38. The Bertz CT molecular complexity index is 1910. The lowest BCUT2D eigenvalue weighted by Crippen LogP contribution is -2.53. The SMILES string of the molecule is CC(C)[C@H](NC(=O)[C@H](C)NC[C@H](Cc1ccccc1)NC(=O)c1cc(C(=O)N[C@H](C)c2ccccc2)cc(-c2ccccc2N)c1)C1OC1NCC(F)(F)F. The first-order chi connectivity index (χ1) is 26.2. The first kappa shape index (κ1) is 40.9. The largest absolute Gasteiger partial charge is 0.401 e. The molecule has 0 bridgehead atoms. The number of alkyl halides is 3. The van der Waals surface area contributed by atoms with Crippen LogP contribution in [-0.4, -0.2) is 67.4 Å².